The number of nitrogens with one attached hydrogen (secondary N) is 1. The van der Waals surface area contributed by atoms with Gasteiger partial charge in [-0.25, -0.2) is 5.43 Å². The van der Waals surface area contributed by atoms with E-state index >= 15 is 0 Å². The van der Waals surface area contributed by atoms with Gasteiger partial charge in [0, 0.05) is 0 Å². The van der Waals surface area contributed by atoms with Gasteiger partial charge < -0.3 is 0 Å². The van der Waals surface area contributed by atoms with Gasteiger partial charge >= 0.3 is 0 Å². The molecule has 1 aliphatic carbocycles. The summed E-state index contributed by atoms with van der Waals surface area (Å²) in [6, 6.07) is 0. The van der Waals surface area contributed by atoms with Crippen LogP contribution in [0.4, 0.5) is 0 Å². The number of hydrogen-bond acceptors (Lipinski definition) is 2. The molecule has 1 fully saturated rings. The number of rotatable bonds is 0. The molecule has 1 amide bonds. The van der Waals surface area contributed by atoms with Gasteiger partial charge in [-0.3, -0.25) is 4.79 Å². The molecule has 3 heteroatoms. The molecule has 1 saturated carbocycles. The highest BCUT2D eigenvalue weighted by atomic mass is 16.2. The average Bonchev–Trinajstić information content (AvgIpc) is 2.60. The highest BCUT2D eigenvalue weighted by Gasteiger charge is 2.28. The van der Waals surface area contributed by atoms with Crippen LogP contribution in [-0.2, 0) is 4.79 Å². The maximum absolute atomic E-state index is 11.6. The second-order valence-electron chi connectivity index (χ2n) is 5.00. The van der Waals surface area contributed by atoms with E-state index in [9.17, 15) is 4.79 Å². The van der Waals surface area contributed by atoms with Crippen molar-refractivity contribution >= 4 is 11.6 Å². The highest BCUT2D eigenvalue weighted by Crippen LogP contribution is 2.22. The van der Waals surface area contributed by atoms with Crippen LogP contribution >= 0.6 is 0 Å². The Morgan fingerprint density at radius 3 is 2.31 bits per heavy atom. The molecule has 0 spiro atoms. The van der Waals surface area contributed by atoms with Crippen molar-refractivity contribution in [3.63, 3.8) is 0 Å². The van der Waals surface area contributed by atoms with Crippen molar-refractivity contribution in [2.75, 3.05) is 0 Å². The summed E-state index contributed by atoms with van der Waals surface area (Å²) in [5, 5.41) is 4.18. The zero-order valence-corrected chi connectivity index (χ0v) is 10.0. The summed E-state index contributed by atoms with van der Waals surface area (Å²) in [7, 11) is 0. The average molecular weight is 222 g/mol. The van der Waals surface area contributed by atoms with Crippen molar-refractivity contribution < 1.29 is 4.79 Å². The van der Waals surface area contributed by atoms with E-state index in [1.165, 1.54) is 51.4 Å². The molecular formula is C13H22N2O. The van der Waals surface area contributed by atoms with Crippen molar-refractivity contribution in [2.24, 2.45) is 11.0 Å². The maximum atomic E-state index is 11.6. The highest BCUT2D eigenvalue weighted by molar-refractivity contribution is 6.07. The van der Waals surface area contributed by atoms with Crippen molar-refractivity contribution in [1.82, 2.24) is 5.43 Å². The number of carbonyl (C=O) groups is 1. The molecule has 1 N–H and O–H groups in total. The molecule has 2 rings (SSSR count). The van der Waals surface area contributed by atoms with Crippen molar-refractivity contribution in [3.05, 3.63) is 0 Å². The quantitative estimate of drug-likeness (QED) is 0.672. The zero-order valence-electron chi connectivity index (χ0n) is 10.0. The number of hydrazone groups is 1. The van der Waals surface area contributed by atoms with Gasteiger partial charge in [0.1, 0.15) is 0 Å². The molecule has 3 nitrogen and oxygen atoms in total. The van der Waals surface area contributed by atoms with Crippen molar-refractivity contribution in [2.45, 2.75) is 64.2 Å². The Balaban J connectivity index is 1.89. The SMILES string of the molecule is O=C1NN=C2CCCCCCCCCC[C@@H]12. The normalized spacial score (nSPS) is 28.4. The van der Waals surface area contributed by atoms with Crippen LogP contribution in [0.1, 0.15) is 64.2 Å². The first-order valence-corrected chi connectivity index (χ1v) is 6.74. The standard InChI is InChI=1S/C13H22N2O/c16-13-11-9-7-5-3-1-2-4-6-8-10-12(11)14-15-13/h11H,1-10H2,(H,15,16)/t11-/m1/s1. The Bertz CT molecular complexity index is 273. The van der Waals surface area contributed by atoms with Crippen LogP contribution in [0.3, 0.4) is 0 Å². The lowest BCUT2D eigenvalue weighted by Crippen LogP contribution is -2.23. The topological polar surface area (TPSA) is 41.5 Å². The summed E-state index contributed by atoms with van der Waals surface area (Å²) in [5.41, 5.74) is 3.75. The molecule has 0 unspecified atom stereocenters. The third-order valence-corrected chi connectivity index (χ3v) is 3.70. The van der Waals surface area contributed by atoms with E-state index in [1.807, 2.05) is 0 Å². The summed E-state index contributed by atoms with van der Waals surface area (Å²) in [4.78, 5) is 11.6. The molecule has 0 bridgehead atoms. The van der Waals surface area contributed by atoms with Crippen LogP contribution in [0.5, 0.6) is 0 Å². The molecule has 0 radical (unpaired) electrons. The molecule has 16 heavy (non-hydrogen) atoms. The van der Waals surface area contributed by atoms with Crippen LogP contribution in [0.2, 0.25) is 0 Å². The molecule has 1 aliphatic heterocycles. The number of fused-ring (bicyclic) bond motifs is 1. The predicted octanol–water partition coefficient (Wildman–Crippen LogP) is 3.00. The van der Waals surface area contributed by atoms with Crippen LogP contribution in [0, 0.1) is 5.92 Å². The minimum atomic E-state index is 0.0967. The zero-order chi connectivity index (χ0) is 11.2. The summed E-state index contributed by atoms with van der Waals surface area (Å²) in [6.45, 7) is 0. The summed E-state index contributed by atoms with van der Waals surface area (Å²) in [6.07, 6.45) is 12.4. The van der Waals surface area contributed by atoms with E-state index < -0.39 is 0 Å². The van der Waals surface area contributed by atoms with E-state index in [-0.39, 0.29) is 11.8 Å². The third-order valence-electron chi connectivity index (χ3n) is 3.70. The smallest absolute Gasteiger partial charge is 0.248 e. The largest absolute Gasteiger partial charge is 0.272 e. The van der Waals surface area contributed by atoms with Gasteiger partial charge in [0.25, 0.3) is 0 Å². The van der Waals surface area contributed by atoms with Gasteiger partial charge in [-0.2, -0.15) is 5.10 Å². The van der Waals surface area contributed by atoms with Crippen molar-refractivity contribution in [1.29, 1.82) is 0 Å². The Morgan fingerprint density at radius 1 is 0.938 bits per heavy atom. The Hall–Kier alpha value is -0.860. The van der Waals surface area contributed by atoms with Crippen LogP contribution in [-0.4, -0.2) is 11.6 Å². The Labute approximate surface area is 97.7 Å². The molecular weight excluding hydrogens is 200 g/mol. The van der Waals surface area contributed by atoms with Crippen LogP contribution < -0.4 is 5.43 Å². The monoisotopic (exact) mass is 222 g/mol. The van der Waals surface area contributed by atoms with E-state index in [2.05, 4.69) is 10.5 Å². The maximum Gasteiger partial charge on any atom is 0.248 e. The number of nitrogens with zero attached hydrogens (tertiary/aromatic N) is 1. The second-order valence-corrected chi connectivity index (χ2v) is 5.00. The van der Waals surface area contributed by atoms with E-state index in [1.54, 1.807) is 0 Å². The first-order valence-electron chi connectivity index (χ1n) is 6.74. The molecule has 1 heterocycles. The first-order chi connectivity index (χ1) is 7.88. The molecule has 2 aliphatic rings. The number of hydrogen-bond donors (Lipinski definition) is 1. The van der Waals surface area contributed by atoms with Gasteiger partial charge in [-0.15, -0.1) is 0 Å². The van der Waals surface area contributed by atoms with Gasteiger partial charge in [0.05, 0.1) is 11.6 Å². The fraction of sp³-hybridized carbons (Fsp3) is 0.846. The molecule has 0 aromatic rings. The minimum Gasteiger partial charge on any atom is -0.272 e. The van der Waals surface area contributed by atoms with Crippen LogP contribution in [0.15, 0.2) is 5.10 Å². The number of amides is 1. The van der Waals surface area contributed by atoms with Gasteiger partial charge in [0.2, 0.25) is 5.91 Å². The van der Waals surface area contributed by atoms with E-state index in [0.717, 1.165) is 18.6 Å². The lowest BCUT2D eigenvalue weighted by Gasteiger charge is -2.11. The van der Waals surface area contributed by atoms with Gasteiger partial charge in [0.15, 0.2) is 0 Å². The summed E-state index contributed by atoms with van der Waals surface area (Å²) in [5.74, 6) is 0.228. The molecule has 0 saturated heterocycles. The summed E-state index contributed by atoms with van der Waals surface area (Å²) < 4.78 is 0. The first kappa shape index (κ1) is 11.6. The van der Waals surface area contributed by atoms with Gasteiger partial charge in [-0.05, 0) is 19.3 Å². The molecule has 0 aromatic heterocycles. The number of carbonyl (C=O) groups excluding carboxylic acids is 1. The predicted molar refractivity (Wildman–Crippen MR) is 65.2 cm³/mol. The van der Waals surface area contributed by atoms with Crippen molar-refractivity contribution in [3.8, 4) is 0 Å². The molecule has 90 valence electrons. The van der Waals surface area contributed by atoms with E-state index in [0.29, 0.717) is 0 Å². The van der Waals surface area contributed by atoms with Crippen LogP contribution in [0.25, 0.3) is 0 Å². The fourth-order valence-electron chi connectivity index (χ4n) is 2.68. The minimum absolute atomic E-state index is 0.0967. The molecule has 0 aromatic carbocycles. The lowest BCUT2D eigenvalue weighted by atomic mass is 9.91. The van der Waals surface area contributed by atoms with E-state index in [4.69, 9.17) is 0 Å². The lowest BCUT2D eigenvalue weighted by molar-refractivity contribution is -0.122. The van der Waals surface area contributed by atoms with Gasteiger partial charge in [-0.1, -0.05) is 44.9 Å². The third kappa shape index (κ3) is 3.06. The summed E-state index contributed by atoms with van der Waals surface area (Å²) >= 11 is 0. The Morgan fingerprint density at radius 2 is 1.56 bits per heavy atom. The second kappa shape index (κ2) is 6.02. The molecule has 1 atom stereocenters. The fourth-order valence-corrected chi connectivity index (χ4v) is 2.68. The Kier molecular flexibility index (Phi) is 4.37.